The molecule has 9 nitrogen and oxygen atoms in total. The highest BCUT2D eigenvalue weighted by molar-refractivity contribution is 5.91. The lowest BCUT2D eigenvalue weighted by atomic mass is 10.1. The number of nitrogens with zero attached hydrogens (tertiary/aromatic N) is 5. The zero-order chi connectivity index (χ0) is 20.8. The second-order valence-corrected chi connectivity index (χ2v) is 7.83. The van der Waals surface area contributed by atoms with Crippen molar-refractivity contribution in [2.45, 2.75) is 32.9 Å². The van der Waals surface area contributed by atoms with Gasteiger partial charge in [0.15, 0.2) is 17.4 Å². The SMILES string of the molecule is Cn1cc2cc(-c3ccc4nnc(CNC(=O)OC(C)(C)C)n4n3)ccc2c1O. The number of rotatable bonds is 3. The first-order chi connectivity index (χ1) is 13.7. The van der Waals surface area contributed by atoms with E-state index in [1.54, 1.807) is 36.9 Å². The molecule has 3 heterocycles. The van der Waals surface area contributed by atoms with Crippen LogP contribution in [-0.2, 0) is 18.3 Å². The average molecular weight is 394 g/mol. The van der Waals surface area contributed by atoms with Crippen LogP contribution in [0.5, 0.6) is 5.88 Å². The lowest BCUT2D eigenvalue weighted by molar-refractivity contribution is 0.0522. The summed E-state index contributed by atoms with van der Waals surface area (Å²) in [5.74, 6) is 0.718. The fourth-order valence-corrected chi connectivity index (χ4v) is 3.06. The fraction of sp³-hybridized carbons (Fsp3) is 0.300. The molecule has 0 aliphatic rings. The van der Waals surface area contributed by atoms with E-state index in [2.05, 4.69) is 20.6 Å². The van der Waals surface area contributed by atoms with Crippen LogP contribution in [0, 0.1) is 0 Å². The van der Waals surface area contributed by atoms with E-state index in [1.165, 1.54) is 0 Å². The van der Waals surface area contributed by atoms with E-state index >= 15 is 0 Å². The van der Waals surface area contributed by atoms with Crippen LogP contribution in [0.2, 0.25) is 0 Å². The van der Waals surface area contributed by atoms with Crippen molar-refractivity contribution in [3.8, 4) is 17.1 Å². The van der Waals surface area contributed by atoms with Gasteiger partial charge in [-0.3, -0.25) is 0 Å². The number of carbonyl (C=O) groups excluding carboxylic acids is 1. The molecule has 9 heteroatoms. The van der Waals surface area contributed by atoms with Crippen LogP contribution in [-0.4, -0.2) is 41.2 Å². The van der Waals surface area contributed by atoms with E-state index in [9.17, 15) is 9.90 Å². The molecule has 150 valence electrons. The van der Waals surface area contributed by atoms with Crippen LogP contribution in [0.15, 0.2) is 36.5 Å². The van der Waals surface area contributed by atoms with Crippen molar-refractivity contribution in [1.82, 2.24) is 29.7 Å². The number of ether oxygens (including phenoxy) is 1. The molecule has 0 atom stereocenters. The van der Waals surface area contributed by atoms with Gasteiger partial charge in [-0.2, -0.15) is 9.61 Å². The molecule has 4 rings (SSSR count). The predicted octanol–water partition coefficient (Wildman–Crippen LogP) is 3.01. The van der Waals surface area contributed by atoms with Gasteiger partial charge in [0, 0.05) is 29.6 Å². The molecule has 0 bridgehead atoms. The van der Waals surface area contributed by atoms with Gasteiger partial charge in [0.25, 0.3) is 0 Å². The number of fused-ring (bicyclic) bond motifs is 2. The van der Waals surface area contributed by atoms with E-state index in [0.29, 0.717) is 11.5 Å². The number of benzene rings is 1. The molecule has 0 spiro atoms. The third kappa shape index (κ3) is 3.71. The molecule has 3 aromatic heterocycles. The number of amides is 1. The quantitative estimate of drug-likeness (QED) is 0.553. The maximum atomic E-state index is 11.9. The largest absolute Gasteiger partial charge is 0.494 e. The number of carbonyl (C=O) groups is 1. The van der Waals surface area contributed by atoms with Crippen molar-refractivity contribution >= 4 is 22.5 Å². The van der Waals surface area contributed by atoms with Crippen LogP contribution in [0.1, 0.15) is 26.6 Å². The predicted molar refractivity (Wildman–Crippen MR) is 107 cm³/mol. The summed E-state index contributed by atoms with van der Waals surface area (Å²) in [5, 5.41) is 27.3. The molecule has 4 aromatic rings. The smallest absolute Gasteiger partial charge is 0.408 e. The summed E-state index contributed by atoms with van der Waals surface area (Å²) in [5.41, 5.74) is 1.62. The standard InChI is InChI=1S/C20H22N6O3/c1-20(2,3)29-19(28)21-10-17-23-22-16-8-7-15(24-26(16)17)12-5-6-14-13(9-12)11-25(4)18(14)27/h5-9,11,27H,10H2,1-4H3,(H,21,28). The van der Waals surface area contributed by atoms with Gasteiger partial charge in [0.1, 0.15) is 5.60 Å². The first kappa shape index (κ1) is 18.7. The van der Waals surface area contributed by atoms with Gasteiger partial charge in [-0.25, -0.2) is 4.79 Å². The zero-order valence-corrected chi connectivity index (χ0v) is 16.7. The summed E-state index contributed by atoms with van der Waals surface area (Å²) in [6.07, 6.45) is 1.33. The Morgan fingerprint density at radius 3 is 2.76 bits per heavy atom. The topological polar surface area (TPSA) is 107 Å². The number of hydrogen-bond donors (Lipinski definition) is 2. The van der Waals surface area contributed by atoms with Crippen molar-refractivity contribution in [3.05, 3.63) is 42.4 Å². The van der Waals surface area contributed by atoms with Crippen LogP contribution >= 0.6 is 0 Å². The highest BCUT2D eigenvalue weighted by Crippen LogP contribution is 2.30. The lowest BCUT2D eigenvalue weighted by Gasteiger charge is -2.19. The van der Waals surface area contributed by atoms with Crippen LogP contribution in [0.3, 0.4) is 0 Å². The number of nitrogens with one attached hydrogen (secondary N) is 1. The minimum Gasteiger partial charge on any atom is -0.494 e. The Morgan fingerprint density at radius 1 is 1.21 bits per heavy atom. The van der Waals surface area contributed by atoms with Crippen molar-refractivity contribution in [2.75, 3.05) is 0 Å². The second-order valence-electron chi connectivity index (χ2n) is 7.83. The monoisotopic (exact) mass is 394 g/mol. The normalized spacial score (nSPS) is 11.9. The van der Waals surface area contributed by atoms with E-state index in [0.717, 1.165) is 22.0 Å². The van der Waals surface area contributed by atoms with Crippen molar-refractivity contribution < 1.29 is 14.6 Å². The summed E-state index contributed by atoms with van der Waals surface area (Å²) in [6.45, 7) is 5.54. The van der Waals surface area contributed by atoms with Gasteiger partial charge in [0.2, 0.25) is 0 Å². The van der Waals surface area contributed by atoms with Crippen LogP contribution in [0.25, 0.3) is 27.7 Å². The van der Waals surface area contributed by atoms with E-state index in [-0.39, 0.29) is 12.4 Å². The van der Waals surface area contributed by atoms with E-state index in [4.69, 9.17) is 4.74 Å². The molecule has 0 aliphatic heterocycles. The van der Waals surface area contributed by atoms with Gasteiger partial charge in [-0.05, 0) is 45.0 Å². The molecule has 0 fully saturated rings. The minimum absolute atomic E-state index is 0.137. The Balaban J connectivity index is 1.62. The molecule has 1 aromatic carbocycles. The summed E-state index contributed by atoms with van der Waals surface area (Å²) in [7, 11) is 1.79. The number of aromatic nitrogens is 5. The molecule has 29 heavy (non-hydrogen) atoms. The van der Waals surface area contributed by atoms with Gasteiger partial charge >= 0.3 is 6.09 Å². The summed E-state index contributed by atoms with van der Waals surface area (Å²) in [4.78, 5) is 11.9. The third-order valence-corrected chi connectivity index (χ3v) is 4.37. The number of aryl methyl sites for hydroxylation is 1. The number of hydrogen-bond acceptors (Lipinski definition) is 6. The first-order valence-corrected chi connectivity index (χ1v) is 9.18. The first-order valence-electron chi connectivity index (χ1n) is 9.18. The second kappa shape index (κ2) is 6.77. The van der Waals surface area contributed by atoms with Crippen molar-refractivity contribution in [1.29, 1.82) is 0 Å². The Morgan fingerprint density at radius 2 is 2.00 bits per heavy atom. The molecule has 0 aliphatic carbocycles. The Kier molecular flexibility index (Phi) is 4.37. The Bertz CT molecular complexity index is 1220. The molecule has 2 N–H and O–H groups in total. The molecule has 1 amide bonds. The van der Waals surface area contributed by atoms with Crippen molar-refractivity contribution in [2.24, 2.45) is 7.05 Å². The summed E-state index contributed by atoms with van der Waals surface area (Å²) >= 11 is 0. The Hall–Kier alpha value is -3.62. The summed E-state index contributed by atoms with van der Waals surface area (Å²) in [6, 6.07) is 9.41. The molecule has 0 unspecified atom stereocenters. The maximum absolute atomic E-state index is 11.9. The molecular weight excluding hydrogens is 372 g/mol. The molecule has 0 saturated heterocycles. The van der Waals surface area contributed by atoms with Crippen LogP contribution < -0.4 is 5.32 Å². The number of aromatic hydroxyl groups is 1. The molecule has 0 saturated carbocycles. The highest BCUT2D eigenvalue weighted by Gasteiger charge is 2.17. The fourth-order valence-electron chi connectivity index (χ4n) is 3.06. The molecular formula is C20H22N6O3. The molecule has 0 radical (unpaired) electrons. The maximum Gasteiger partial charge on any atom is 0.408 e. The Labute approximate surface area is 166 Å². The lowest BCUT2D eigenvalue weighted by Crippen LogP contribution is -2.32. The van der Waals surface area contributed by atoms with Gasteiger partial charge in [-0.15, -0.1) is 10.2 Å². The van der Waals surface area contributed by atoms with Gasteiger partial charge < -0.3 is 19.7 Å². The van der Waals surface area contributed by atoms with Gasteiger partial charge in [-0.1, -0.05) is 6.07 Å². The van der Waals surface area contributed by atoms with Crippen molar-refractivity contribution in [3.63, 3.8) is 0 Å². The zero-order valence-electron chi connectivity index (χ0n) is 16.7. The third-order valence-electron chi connectivity index (χ3n) is 4.37. The summed E-state index contributed by atoms with van der Waals surface area (Å²) < 4.78 is 8.51. The van der Waals surface area contributed by atoms with E-state index in [1.807, 2.05) is 36.5 Å². The highest BCUT2D eigenvalue weighted by atomic mass is 16.6. The minimum atomic E-state index is -0.576. The number of alkyl carbamates (subject to hydrolysis) is 1. The van der Waals surface area contributed by atoms with Crippen LogP contribution in [0.4, 0.5) is 4.79 Å². The van der Waals surface area contributed by atoms with Gasteiger partial charge in [0.05, 0.1) is 12.2 Å². The average Bonchev–Trinajstić information content (AvgIpc) is 3.18. The van der Waals surface area contributed by atoms with E-state index < -0.39 is 11.7 Å².